The highest BCUT2D eigenvalue weighted by Crippen LogP contribution is 2.28. The first-order chi connectivity index (χ1) is 5.25. The van der Waals surface area contributed by atoms with Crippen LogP contribution in [0.1, 0.15) is 13.3 Å². The molecule has 0 aliphatic carbocycles. The molecule has 1 heterocycles. The standard InChI is InChI=1S/C8H13NOS/c1-6(4-9)8(10)7-2-3-11-5-7/h6-8,10H,2-3,5H2,1H3. The molecular weight excluding hydrogens is 158 g/mol. The van der Waals surface area contributed by atoms with Gasteiger partial charge in [-0.2, -0.15) is 17.0 Å². The van der Waals surface area contributed by atoms with Gasteiger partial charge in [0.15, 0.2) is 0 Å². The van der Waals surface area contributed by atoms with E-state index in [0.717, 1.165) is 17.9 Å². The minimum atomic E-state index is -0.407. The van der Waals surface area contributed by atoms with Crippen LogP contribution in [0.4, 0.5) is 0 Å². The third-order valence-corrected chi connectivity index (χ3v) is 3.35. The summed E-state index contributed by atoms with van der Waals surface area (Å²) in [6.07, 6.45) is 0.660. The van der Waals surface area contributed by atoms with Gasteiger partial charge in [-0.3, -0.25) is 0 Å². The number of nitriles is 1. The maximum absolute atomic E-state index is 9.58. The maximum Gasteiger partial charge on any atom is 0.0731 e. The molecule has 3 heteroatoms. The van der Waals surface area contributed by atoms with E-state index in [1.165, 1.54) is 0 Å². The van der Waals surface area contributed by atoms with Crippen LogP contribution in [0.5, 0.6) is 0 Å². The summed E-state index contributed by atoms with van der Waals surface area (Å²) in [5.41, 5.74) is 0. The highest BCUT2D eigenvalue weighted by Gasteiger charge is 2.27. The normalized spacial score (nSPS) is 29.4. The third kappa shape index (κ3) is 2.11. The Morgan fingerprint density at radius 3 is 2.91 bits per heavy atom. The van der Waals surface area contributed by atoms with Crippen LogP contribution < -0.4 is 0 Å². The highest BCUT2D eigenvalue weighted by atomic mass is 32.2. The van der Waals surface area contributed by atoms with E-state index < -0.39 is 6.10 Å². The zero-order valence-corrected chi connectivity index (χ0v) is 7.47. The SMILES string of the molecule is CC(C#N)C(O)C1CCSC1. The molecule has 0 spiro atoms. The number of aliphatic hydroxyl groups is 1. The van der Waals surface area contributed by atoms with Crippen molar-refractivity contribution in [1.82, 2.24) is 0 Å². The number of nitrogens with zero attached hydrogens (tertiary/aromatic N) is 1. The Balaban J connectivity index is 2.40. The van der Waals surface area contributed by atoms with Gasteiger partial charge in [0.25, 0.3) is 0 Å². The first-order valence-corrected chi connectivity index (χ1v) is 5.06. The quantitative estimate of drug-likeness (QED) is 0.680. The number of aliphatic hydroxyl groups excluding tert-OH is 1. The Morgan fingerprint density at radius 1 is 1.73 bits per heavy atom. The average molecular weight is 171 g/mol. The number of hydrogen-bond acceptors (Lipinski definition) is 3. The smallest absolute Gasteiger partial charge is 0.0731 e. The van der Waals surface area contributed by atoms with Crippen molar-refractivity contribution >= 4 is 11.8 Å². The Labute approximate surface area is 71.6 Å². The van der Waals surface area contributed by atoms with Crippen molar-refractivity contribution < 1.29 is 5.11 Å². The first kappa shape index (κ1) is 8.89. The van der Waals surface area contributed by atoms with E-state index in [2.05, 4.69) is 6.07 Å². The number of thioether (sulfide) groups is 1. The predicted octanol–water partition coefficient (Wildman–Crippen LogP) is 1.26. The molecule has 1 saturated heterocycles. The molecule has 1 N–H and O–H groups in total. The first-order valence-electron chi connectivity index (χ1n) is 3.91. The Hall–Kier alpha value is -0.200. The molecule has 11 heavy (non-hydrogen) atoms. The molecule has 1 aliphatic heterocycles. The predicted molar refractivity (Wildman–Crippen MR) is 46.2 cm³/mol. The van der Waals surface area contributed by atoms with Crippen LogP contribution >= 0.6 is 11.8 Å². The van der Waals surface area contributed by atoms with Gasteiger partial charge in [0.05, 0.1) is 18.1 Å². The lowest BCUT2D eigenvalue weighted by molar-refractivity contribution is 0.0890. The highest BCUT2D eigenvalue weighted by molar-refractivity contribution is 7.99. The second-order valence-corrected chi connectivity index (χ2v) is 4.18. The Kier molecular flexibility index (Phi) is 3.22. The Morgan fingerprint density at radius 2 is 2.45 bits per heavy atom. The lowest BCUT2D eigenvalue weighted by atomic mass is 9.93. The molecule has 0 aromatic heterocycles. The van der Waals surface area contributed by atoms with Gasteiger partial charge < -0.3 is 5.11 Å². The second-order valence-electron chi connectivity index (χ2n) is 3.03. The minimum absolute atomic E-state index is 0.210. The van der Waals surface area contributed by atoms with Gasteiger partial charge >= 0.3 is 0 Å². The largest absolute Gasteiger partial charge is 0.391 e. The van der Waals surface area contributed by atoms with Gasteiger partial charge in [-0.1, -0.05) is 0 Å². The van der Waals surface area contributed by atoms with E-state index >= 15 is 0 Å². The van der Waals surface area contributed by atoms with E-state index in [1.807, 2.05) is 11.8 Å². The van der Waals surface area contributed by atoms with Gasteiger partial charge in [0.2, 0.25) is 0 Å². The van der Waals surface area contributed by atoms with Crippen molar-refractivity contribution in [3.63, 3.8) is 0 Å². The van der Waals surface area contributed by atoms with Gasteiger partial charge in [0, 0.05) is 0 Å². The molecule has 2 nitrogen and oxygen atoms in total. The van der Waals surface area contributed by atoms with E-state index in [-0.39, 0.29) is 5.92 Å². The van der Waals surface area contributed by atoms with E-state index in [0.29, 0.717) is 5.92 Å². The van der Waals surface area contributed by atoms with E-state index in [4.69, 9.17) is 5.26 Å². The fraction of sp³-hybridized carbons (Fsp3) is 0.875. The fourth-order valence-corrected chi connectivity index (χ4v) is 2.61. The van der Waals surface area contributed by atoms with Crippen molar-refractivity contribution in [3.8, 4) is 6.07 Å². The molecule has 0 aromatic carbocycles. The molecule has 1 fully saturated rings. The van der Waals surface area contributed by atoms with Gasteiger partial charge in [0.1, 0.15) is 0 Å². The third-order valence-electron chi connectivity index (χ3n) is 2.16. The lowest BCUT2D eigenvalue weighted by Crippen LogP contribution is -2.26. The van der Waals surface area contributed by atoms with Crippen LogP contribution in [0.3, 0.4) is 0 Å². The number of hydrogen-bond donors (Lipinski definition) is 1. The lowest BCUT2D eigenvalue weighted by Gasteiger charge is -2.18. The summed E-state index contributed by atoms with van der Waals surface area (Å²) in [5.74, 6) is 2.31. The van der Waals surface area contributed by atoms with Crippen LogP contribution in [-0.2, 0) is 0 Å². The van der Waals surface area contributed by atoms with Crippen molar-refractivity contribution in [2.24, 2.45) is 11.8 Å². The summed E-state index contributed by atoms with van der Waals surface area (Å²) in [5, 5.41) is 18.1. The molecular formula is C8H13NOS. The molecule has 0 radical (unpaired) electrons. The summed E-state index contributed by atoms with van der Waals surface area (Å²) in [7, 11) is 0. The molecule has 62 valence electrons. The summed E-state index contributed by atoms with van der Waals surface area (Å²) in [4.78, 5) is 0. The molecule has 0 saturated carbocycles. The van der Waals surface area contributed by atoms with Crippen LogP contribution in [0, 0.1) is 23.2 Å². The van der Waals surface area contributed by atoms with Crippen LogP contribution in [0.15, 0.2) is 0 Å². The molecule has 3 unspecified atom stereocenters. The summed E-state index contributed by atoms with van der Waals surface area (Å²) >= 11 is 1.87. The van der Waals surface area contributed by atoms with Crippen molar-refractivity contribution in [1.29, 1.82) is 5.26 Å². The second kappa shape index (κ2) is 3.99. The molecule has 0 bridgehead atoms. The monoisotopic (exact) mass is 171 g/mol. The summed E-state index contributed by atoms with van der Waals surface area (Å²) in [6, 6.07) is 2.08. The van der Waals surface area contributed by atoms with Crippen molar-refractivity contribution in [3.05, 3.63) is 0 Å². The molecule has 0 aromatic rings. The molecule has 1 aliphatic rings. The zero-order valence-electron chi connectivity index (χ0n) is 6.66. The average Bonchev–Trinajstić information content (AvgIpc) is 2.53. The fourth-order valence-electron chi connectivity index (χ4n) is 1.31. The van der Waals surface area contributed by atoms with Crippen molar-refractivity contribution in [2.75, 3.05) is 11.5 Å². The van der Waals surface area contributed by atoms with E-state index in [1.54, 1.807) is 6.92 Å². The molecule has 3 atom stereocenters. The minimum Gasteiger partial charge on any atom is -0.391 e. The van der Waals surface area contributed by atoms with Crippen molar-refractivity contribution in [2.45, 2.75) is 19.4 Å². The summed E-state index contributed by atoms with van der Waals surface area (Å²) in [6.45, 7) is 1.79. The molecule has 1 rings (SSSR count). The van der Waals surface area contributed by atoms with Crippen LogP contribution in [0.25, 0.3) is 0 Å². The maximum atomic E-state index is 9.58. The molecule has 0 amide bonds. The Bertz CT molecular complexity index is 160. The van der Waals surface area contributed by atoms with Gasteiger partial charge in [-0.15, -0.1) is 0 Å². The van der Waals surface area contributed by atoms with Crippen LogP contribution in [0.2, 0.25) is 0 Å². The van der Waals surface area contributed by atoms with Gasteiger partial charge in [-0.25, -0.2) is 0 Å². The summed E-state index contributed by atoms with van der Waals surface area (Å²) < 4.78 is 0. The topological polar surface area (TPSA) is 44.0 Å². The van der Waals surface area contributed by atoms with E-state index in [9.17, 15) is 5.11 Å². The van der Waals surface area contributed by atoms with Gasteiger partial charge in [-0.05, 0) is 30.8 Å². The number of rotatable bonds is 2. The van der Waals surface area contributed by atoms with Crippen LogP contribution in [-0.4, -0.2) is 22.7 Å². The zero-order chi connectivity index (χ0) is 8.27.